The molecule has 0 aliphatic carbocycles. The minimum absolute atomic E-state index is 0.461. The Labute approximate surface area is 127 Å². The van der Waals surface area contributed by atoms with Crippen molar-refractivity contribution in [3.05, 3.63) is 0 Å². The molecule has 0 bridgehead atoms. The maximum atomic E-state index is 3.45. The highest BCUT2D eigenvalue weighted by atomic mass is 15.2. The van der Waals surface area contributed by atoms with Crippen LogP contribution < -0.4 is 5.32 Å². The van der Waals surface area contributed by atoms with E-state index in [0.29, 0.717) is 5.54 Å². The molecule has 1 atom stereocenters. The molecule has 1 aliphatic rings. The van der Waals surface area contributed by atoms with Gasteiger partial charge in [-0.2, -0.15) is 0 Å². The lowest BCUT2D eigenvalue weighted by Gasteiger charge is -2.45. The van der Waals surface area contributed by atoms with Gasteiger partial charge >= 0.3 is 0 Å². The zero-order chi connectivity index (χ0) is 14.8. The van der Waals surface area contributed by atoms with Crippen LogP contribution in [0.1, 0.15) is 85.0 Å². The summed E-state index contributed by atoms with van der Waals surface area (Å²) in [5.74, 6) is 0. The van der Waals surface area contributed by atoms with Crippen molar-refractivity contribution >= 4 is 0 Å². The number of rotatable bonds is 10. The minimum Gasteiger partial charge on any atom is -0.317 e. The largest absolute Gasteiger partial charge is 0.317 e. The summed E-state index contributed by atoms with van der Waals surface area (Å²) in [4.78, 5) is 2.81. The molecule has 1 unspecified atom stereocenters. The molecular weight excluding hydrogens is 244 g/mol. The zero-order valence-corrected chi connectivity index (χ0v) is 14.5. The lowest BCUT2D eigenvalue weighted by atomic mass is 9.85. The number of nitrogens with zero attached hydrogens (tertiary/aromatic N) is 1. The van der Waals surface area contributed by atoms with Crippen molar-refractivity contribution in [2.24, 2.45) is 0 Å². The van der Waals surface area contributed by atoms with Crippen molar-refractivity contribution in [3.63, 3.8) is 0 Å². The van der Waals surface area contributed by atoms with Gasteiger partial charge in [0, 0.05) is 24.7 Å². The van der Waals surface area contributed by atoms with Gasteiger partial charge in [-0.25, -0.2) is 0 Å². The van der Waals surface area contributed by atoms with E-state index in [4.69, 9.17) is 0 Å². The van der Waals surface area contributed by atoms with Gasteiger partial charge in [0.25, 0.3) is 0 Å². The Kier molecular flexibility index (Phi) is 8.79. The first-order valence-corrected chi connectivity index (χ1v) is 9.08. The summed E-state index contributed by atoms with van der Waals surface area (Å²) in [5.41, 5.74) is 0.461. The maximum absolute atomic E-state index is 3.45. The van der Waals surface area contributed by atoms with Gasteiger partial charge in [-0.1, -0.05) is 52.4 Å². The van der Waals surface area contributed by atoms with Crippen LogP contribution in [0.5, 0.6) is 0 Å². The molecule has 1 saturated heterocycles. The van der Waals surface area contributed by atoms with Gasteiger partial charge in [0.2, 0.25) is 0 Å². The van der Waals surface area contributed by atoms with Crippen LogP contribution in [0.2, 0.25) is 0 Å². The second kappa shape index (κ2) is 9.78. The van der Waals surface area contributed by atoms with Gasteiger partial charge < -0.3 is 5.32 Å². The molecule has 20 heavy (non-hydrogen) atoms. The van der Waals surface area contributed by atoms with Crippen LogP contribution in [0.3, 0.4) is 0 Å². The molecule has 2 nitrogen and oxygen atoms in total. The molecule has 0 aromatic heterocycles. The molecule has 0 aromatic rings. The van der Waals surface area contributed by atoms with Crippen molar-refractivity contribution in [2.75, 3.05) is 20.1 Å². The third-order valence-corrected chi connectivity index (χ3v) is 5.30. The van der Waals surface area contributed by atoms with Crippen molar-refractivity contribution < 1.29 is 0 Å². The molecule has 0 amide bonds. The average molecular weight is 283 g/mol. The second-order valence-electron chi connectivity index (χ2n) is 6.96. The highest BCUT2D eigenvalue weighted by molar-refractivity contribution is 4.90. The Balaban J connectivity index is 2.48. The van der Waals surface area contributed by atoms with E-state index in [9.17, 15) is 0 Å². The molecule has 1 aliphatic heterocycles. The minimum atomic E-state index is 0.461. The van der Waals surface area contributed by atoms with Gasteiger partial charge in [-0.15, -0.1) is 0 Å². The molecule has 1 rings (SSSR count). The Morgan fingerprint density at radius 2 is 1.55 bits per heavy atom. The molecular formula is C18H38N2. The fourth-order valence-corrected chi connectivity index (χ4v) is 3.64. The van der Waals surface area contributed by atoms with Crippen molar-refractivity contribution in [2.45, 2.75) is 96.6 Å². The number of unbranched alkanes of at least 4 members (excludes halogenated alkanes) is 4. The zero-order valence-electron chi connectivity index (χ0n) is 14.5. The third-order valence-electron chi connectivity index (χ3n) is 5.30. The van der Waals surface area contributed by atoms with Crippen LogP contribution in [0.15, 0.2) is 0 Å². The normalized spacial score (nSPS) is 21.0. The van der Waals surface area contributed by atoms with E-state index in [1.54, 1.807) is 0 Å². The highest BCUT2D eigenvalue weighted by Gasteiger charge is 2.33. The summed E-state index contributed by atoms with van der Waals surface area (Å²) in [6.07, 6.45) is 13.8. The Morgan fingerprint density at radius 3 is 2.10 bits per heavy atom. The van der Waals surface area contributed by atoms with Crippen LogP contribution >= 0.6 is 0 Å². The predicted octanol–water partition coefficient (Wildman–Crippen LogP) is 4.59. The van der Waals surface area contributed by atoms with Gasteiger partial charge in [0.1, 0.15) is 0 Å². The summed E-state index contributed by atoms with van der Waals surface area (Å²) in [7, 11) is 2.11. The monoisotopic (exact) mass is 282 g/mol. The highest BCUT2D eigenvalue weighted by Crippen LogP contribution is 2.31. The first-order valence-electron chi connectivity index (χ1n) is 9.08. The Morgan fingerprint density at radius 1 is 0.950 bits per heavy atom. The van der Waals surface area contributed by atoms with Crippen LogP contribution in [0, 0.1) is 0 Å². The SMILES string of the molecule is CCCCCCC(C)(CCCC)N1CCC(NC)CC1. The molecule has 0 spiro atoms. The van der Waals surface area contributed by atoms with Crippen molar-refractivity contribution in [1.82, 2.24) is 10.2 Å². The third kappa shape index (κ3) is 5.73. The second-order valence-corrected chi connectivity index (χ2v) is 6.96. The summed E-state index contributed by atoms with van der Waals surface area (Å²) in [5, 5.41) is 3.45. The molecule has 1 fully saturated rings. The van der Waals surface area contributed by atoms with Crippen LogP contribution in [0.4, 0.5) is 0 Å². The van der Waals surface area contributed by atoms with Crippen molar-refractivity contribution in [3.8, 4) is 0 Å². The smallest absolute Gasteiger partial charge is 0.0181 e. The predicted molar refractivity (Wildman–Crippen MR) is 90.3 cm³/mol. The van der Waals surface area contributed by atoms with Gasteiger partial charge in [-0.05, 0) is 39.7 Å². The molecule has 120 valence electrons. The molecule has 1 heterocycles. The van der Waals surface area contributed by atoms with E-state index in [0.717, 1.165) is 6.04 Å². The Hall–Kier alpha value is -0.0800. The topological polar surface area (TPSA) is 15.3 Å². The number of piperidine rings is 1. The van der Waals surface area contributed by atoms with E-state index >= 15 is 0 Å². The Bertz CT molecular complexity index is 234. The van der Waals surface area contributed by atoms with Crippen LogP contribution in [-0.4, -0.2) is 36.6 Å². The van der Waals surface area contributed by atoms with E-state index in [1.165, 1.54) is 77.3 Å². The first-order chi connectivity index (χ1) is 9.66. The van der Waals surface area contributed by atoms with Crippen molar-refractivity contribution in [1.29, 1.82) is 0 Å². The molecule has 0 saturated carbocycles. The lowest BCUT2D eigenvalue weighted by molar-refractivity contribution is 0.0525. The van der Waals surface area contributed by atoms with Gasteiger partial charge in [-0.3, -0.25) is 4.90 Å². The summed E-state index contributed by atoms with van der Waals surface area (Å²) < 4.78 is 0. The molecule has 0 aromatic carbocycles. The summed E-state index contributed by atoms with van der Waals surface area (Å²) in [6, 6.07) is 0.752. The van der Waals surface area contributed by atoms with Gasteiger partial charge in [0.15, 0.2) is 0 Å². The van der Waals surface area contributed by atoms with Crippen LogP contribution in [-0.2, 0) is 0 Å². The number of likely N-dealkylation sites (tertiary alicyclic amines) is 1. The number of hydrogen-bond donors (Lipinski definition) is 1. The number of nitrogens with one attached hydrogen (secondary N) is 1. The maximum Gasteiger partial charge on any atom is 0.0181 e. The standard InChI is InChI=1S/C18H38N2/c1-5-7-9-10-14-18(3,13-8-6-2)20-15-11-17(19-4)12-16-20/h17,19H,5-16H2,1-4H3. The quantitative estimate of drug-likeness (QED) is 0.590. The van der Waals surface area contributed by atoms with Crippen LogP contribution in [0.25, 0.3) is 0 Å². The van der Waals surface area contributed by atoms with E-state index in [1.807, 2.05) is 0 Å². The average Bonchev–Trinajstić information content (AvgIpc) is 2.50. The van der Waals surface area contributed by atoms with E-state index < -0.39 is 0 Å². The molecule has 0 radical (unpaired) electrons. The summed E-state index contributed by atoms with van der Waals surface area (Å²) in [6.45, 7) is 9.75. The van der Waals surface area contributed by atoms with Gasteiger partial charge in [0.05, 0.1) is 0 Å². The fourth-order valence-electron chi connectivity index (χ4n) is 3.64. The number of hydrogen-bond acceptors (Lipinski definition) is 2. The fraction of sp³-hybridized carbons (Fsp3) is 1.00. The molecule has 1 N–H and O–H groups in total. The van der Waals surface area contributed by atoms with E-state index in [-0.39, 0.29) is 0 Å². The van der Waals surface area contributed by atoms with E-state index in [2.05, 4.69) is 38.0 Å². The molecule has 2 heteroatoms. The first kappa shape index (κ1) is 18.0. The lowest BCUT2D eigenvalue weighted by Crippen LogP contribution is -2.52. The summed E-state index contributed by atoms with van der Waals surface area (Å²) >= 11 is 0.